The van der Waals surface area contributed by atoms with Crippen LogP contribution in [0.4, 0.5) is 0 Å². The smallest absolute Gasteiger partial charge is 0.277 e. The third kappa shape index (κ3) is 4.72. The Morgan fingerprint density at radius 1 is 1.00 bits per heavy atom. The van der Waals surface area contributed by atoms with E-state index in [0.717, 1.165) is 16.3 Å². The molecule has 0 aliphatic heterocycles. The number of hydrazone groups is 1. The first kappa shape index (κ1) is 17.3. The number of benzene rings is 3. The van der Waals surface area contributed by atoms with Crippen LogP contribution in [0.15, 0.2) is 65.8 Å². The monoisotopic (exact) mass is 372 g/mol. The van der Waals surface area contributed by atoms with E-state index in [9.17, 15) is 4.79 Å². The number of nitrogens with one attached hydrogen (secondary N) is 1. The zero-order valence-electron chi connectivity index (χ0n) is 13.1. The molecule has 0 aromatic heterocycles. The highest BCUT2D eigenvalue weighted by molar-refractivity contribution is 6.42. The summed E-state index contributed by atoms with van der Waals surface area (Å²) < 4.78 is 5.49. The Morgan fingerprint density at radius 3 is 2.60 bits per heavy atom. The van der Waals surface area contributed by atoms with Crippen molar-refractivity contribution in [3.8, 4) is 5.75 Å². The van der Waals surface area contributed by atoms with Crippen LogP contribution in [0.5, 0.6) is 5.75 Å². The van der Waals surface area contributed by atoms with Gasteiger partial charge in [0.25, 0.3) is 5.91 Å². The molecule has 1 amide bonds. The molecule has 3 rings (SSSR count). The summed E-state index contributed by atoms with van der Waals surface area (Å²) in [6, 6.07) is 18.7. The molecular weight excluding hydrogens is 359 g/mol. The molecule has 0 spiro atoms. The molecule has 0 saturated heterocycles. The van der Waals surface area contributed by atoms with E-state index >= 15 is 0 Å². The third-order valence-electron chi connectivity index (χ3n) is 3.44. The van der Waals surface area contributed by atoms with E-state index in [2.05, 4.69) is 10.5 Å². The summed E-state index contributed by atoms with van der Waals surface area (Å²) in [6.45, 7) is -0.128. The minimum Gasteiger partial charge on any atom is -0.484 e. The van der Waals surface area contributed by atoms with Crippen LogP contribution >= 0.6 is 23.2 Å². The lowest BCUT2D eigenvalue weighted by molar-refractivity contribution is -0.123. The topological polar surface area (TPSA) is 50.7 Å². The third-order valence-corrected chi connectivity index (χ3v) is 4.18. The minimum absolute atomic E-state index is 0.128. The minimum atomic E-state index is -0.357. The average molecular weight is 373 g/mol. The van der Waals surface area contributed by atoms with Crippen LogP contribution in [0, 0.1) is 0 Å². The summed E-state index contributed by atoms with van der Waals surface area (Å²) in [7, 11) is 0. The fourth-order valence-corrected chi connectivity index (χ4v) is 2.52. The van der Waals surface area contributed by atoms with Gasteiger partial charge in [0.15, 0.2) is 6.61 Å². The molecule has 0 heterocycles. The number of halogens is 2. The quantitative estimate of drug-likeness (QED) is 0.522. The number of hydrogen-bond donors (Lipinski definition) is 1. The SMILES string of the molecule is O=C(COc1ccc2ccccc2c1)N/N=C/c1ccc(Cl)c(Cl)c1. The summed E-state index contributed by atoms with van der Waals surface area (Å²) in [5.74, 6) is 0.270. The highest BCUT2D eigenvalue weighted by Crippen LogP contribution is 2.22. The fourth-order valence-electron chi connectivity index (χ4n) is 2.21. The number of ether oxygens (including phenoxy) is 1. The molecule has 0 aliphatic carbocycles. The second-order valence-electron chi connectivity index (χ2n) is 5.26. The van der Waals surface area contributed by atoms with Crippen molar-refractivity contribution in [2.45, 2.75) is 0 Å². The molecule has 0 bridgehead atoms. The number of amides is 1. The Hall–Kier alpha value is -2.56. The largest absolute Gasteiger partial charge is 0.484 e. The van der Waals surface area contributed by atoms with Crippen molar-refractivity contribution in [1.29, 1.82) is 0 Å². The van der Waals surface area contributed by atoms with Gasteiger partial charge >= 0.3 is 0 Å². The molecule has 0 atom stereocenters. The highest BCUT2D eigenvalue weighted by Gasteiger charge is 2.03. The highest BCUT2D eigenvalue weighted by atomic mass is 35.5. The van der Waals surface area contributed by atoms with Crippen molar-refractivity contribution in [2.75, 3.05) is 6.61 Å². The summed E-state index contributed by atoms with van der Waals surface area (Å²) in [4.78, 5) is 11.8. The van der Waals surface area contributed by atoms with Crippen molar-refractivity contribution >= 4 is 46.1 Å². The molecule has 0 fully saturated rings. The molecule has 3 aromatic rings. The Bertz CT molecular complexity index is 942. The zero-order chi connectivity index (χ0) is 17.6. The lowest BCUT2D eigenvalue weighted by atomic mass is 10.1. The summed E-state index contributed by atoms with van der Waals surface area (Å²) in [6.07, 6.45) is 1.48. The second-order valence-corrected chi connectivity index (χ2v) is 6.08. The molecule has 0 radical (unpaired) electrons. The van der Waals surface area contributed by atoms with Gasteiger partial charge in [0, 0.05) is 0 Å². The first-order valence-electron chi connectivity index (χ1n) is 7.50. The maximum atomic E-state index is 11.8. The fraction of sp³-hybridized carbons (Fsp3) is 0.0526. The van der Waals surface area contributed by atoms with Gasteiger partial charge in [0.2, 0.25) is 0 Å². The van der Waals surface area contributed by atoms with Crippen LogP contribution in [0.1, 0.15) is 5.56 Å². The molecule has 0 saturated carbocycles. The van der Waals surface area contributed by atoms with Crippen LogP contribution in [-0.4, -0.2) is 18.7 Å². The molecule has 1 N–H and O–H groups in total. The Labute approximate surface area is 155 Å². The lowest BCUT2D eigenvalue weighted by Gasteiger charge is -2.06. The van der Waals surface area contributed by atoms with Crippen molar-refractivity contribution in [3.05, 3.63) is 76.3 Å². The van der Waals surface area contributed by atoms with Gasteiger partial charge in [-0.25, -0.2) is 5.43 Å². The van der Waals surface area contributed by atoms with Gasteiger partial charge in [0.1, 0.15) is 5.75 Å². The van der Waals surface area contributed by atoms with Gasteiger partial charge < -0.3 is 4.74 Å². The normalized spacial score (nSPS) is 11.0. The number of carbonyl (C=O) groups excluding carboxylic acids is 1. The molecule has 6 heteroatoms. The Balaban J connectivity index is 1.53. The standard InChI is InChI=1S/C19H14Cl2N2O2/c20-17-8-5-13(9-18(17)21)11-22-23-19(24)12-25-16-7-6-14-3-1-2-4-15(14)10-16/h1-11H,12H2,(H,23,24)/b22-11+. The maximum Gasteiger partial charge on any atom is 0.277 e. The van der Waals surface area contributed by atoms with Crippen LogP contribution < -0.4 is 10.2 Å². The summed E-state index contributed by atoms with van der Waals surface area (Å²) in [5, 5.41) is 6.93. The number of fused-ring (bicyclic) bond motifs is 1. The average Bonchev–Trinajstić information content (AvgIpc) is 2.63. The molecule has 25 heavy (non-hydrogen) atoms. The van der Waals surface area contributed by atoms with Crippen molar-refractivity contribution < 1.29 is 9.53 Å². The predicted molar refractivity (Wildman–Crippen MR) is 102 cm³/mol. The molecule has 3 aromatic carbocycles. The predicted octanol–water partition coefficient (Wildman–Crippen LogP) is 4.68. The number of hydrogen-bond acceptors (Lipinski definition) is 3. The lowest BCUT2D eigenvalue weighted by Crippen LogP contribution is -2.24. The van der Waals surface area contributed by atoms with E-state index < -0.39 is 0 Å². The van der Waals surface area contributed by atoms with Crippen molar-refractivity contribution in [3.63, 3.8) is 0 Å². The van der Waals surface area contributed by atoms with Gasteiger partial charge in [-0.3, -0.25) is 4.79 Å². The Kier molecular flexibility index (Phi) is 5.53. The first-order valence-corrected chi connectivity index (χ1v) is 8.26. The van der Waals surface area contributed by atoms with Gasteiger partial charge in [-0.05, 0) is 40.6 Å². The molecule has 4 nitrogen and oxygen atoms in total. The molecule has 126 valence electrons. The van der Waals surface area contributed by atoms with E-state index in [4.69, 9.17) is 27.9 Å². The summed E-state index contributed by atoms with van der Waals surface area (Å²) in [5.41, 5.74) is 3.13. The van der Waals surface area contributed by atoms with E-state index in [1.807, 2.05) is 42.5 Å². The van der Waals surface area contributed by atoms with Crippen molar-refractivity contribution in [2.24, 2.45) is 5.10 Å². The van der Waals surface area contributed by atoms with E-state index in [-0.39, 0.29) is 12.5 Å². The van der Waals surface area contributed by atoms with E-state index in [1.54, 1.807) is 18.2 Å². The number of nitrogens with zero attached hydrogens (tertiary/aromatic N) is 1. The van der Waals surface area contributed by atoms with E-state index in [0.29, 0.717) is 15.8 Å². The maximum absolute atomic E-state index is 11.8. The zero-order valence-corrected chi connectivity index (χ0v) is 14.6. The molecule has 0 aliphatic rings. The van der Waals surface area contributed by atoms with Gasteiger partial charge in [-0.1, -0.05) is 59.6 Å². The van der Waals surface area contributed by atoms with Crippen LogP contribution in [-0.2, 0) is 4.79 Å². The van der Waals surface area contributed by atoms with Gasteiger partial charge in [-0.15, -0.1) is 0 Å². The van der Waals surface area contributed by atoms with Crippen LogP contribution in [0.3, 0.4) is 0 Å². The van der Waals surface area contributed by atoms with E-state index in [1.165, 1.54) is 6.21 Å². The van der Waals surface area contributed by atoms with Crippen LogP contribution in [0.2, 0.25) is 10.0 Å². The molecule has 0 unspecified atom stereocenters. The van der Waals surface area contributed by atoms with Gasteiger partial charge in [-0.2, -0.15) is 5.10 Å². The first-order chi connectivity index (χ1) is 12.1. The van der Waals surface area contributed by atoms with Crippen molar-refractivity contribution in [1.82, 2.24) is 5.43 Å². The molecular formula is C19H14Cl2N2O2. The number of rotatable bonds is 5. The van der Waals surface area contributed by atoms with Gasteiger partial charge in [0.05, 0.1) is 16.3 Å². The number of carbonyl (C=O) groups is 1. The second kappa shape index (κ2) is 8.01. The summed E-state index contributed by atoms with van der Waals surface area (Å²) >= 11 is 11.8. The Morgan fingerprint density at radius 2 is 1.80 bits per heavy atom. The van der Waals surface area contributed by atoms with Crippen LogP contribution in [0.25, 0.3) is 10.8 Å².